The first kappa shape index (κ1) is 15.7. The molecular formula is C12H16ClN5O2S. The first-order valence-electron chi connectivity index (χ1n) is 6.12. The van der Waals surface area contributed by atoms with E-state index in [1.807, 2.05) is 20.9 Å². The monoisotopic (exact) mass is 329 g/mol. The van der Waals surface area contributed by atoms with Gasteiger partial charge in [0.25, 0.3) is 0 Å². The molecule has 0 aliphatic rings. The molecule has 0 bridgehead atoms. The van der Waals surface area contributed by atoms with E-state index >= 15 is 0 Å². The van der Waals surface area contributed by atoms with Crippen molar-refractivity contribution in [2.24, 2.45) is 7.05 Å². The van der Waals surface area contributed by atoms with Crippen molar-refractivity contribution < 1.29 is 8.42 Å². The van der Waals surface area contributed by atoms with E-state index in [9.17, 15) is 8.42 Å². The molecule has 3 N–H and O–H groups in total. The van der Waals surface area contributed by atoms with Crippen molar-refractivity contribution >= 4 is 27.4 Å². The molecule has 2 aromatic heterocycles. The molecule has 0 unspecified atom stereocenters. The molecule has 2 aromatic rings. The summed E-state index contributed by atoms with van der Waals surface area (Å²) < 4.78 is 28.7. The third-order valence-electron chi connectivity index (χ3n) is 3.25. The molecule has 7 nitrogen and oxygen atoms in total. The van der Waals surface area contributed by atoms with Crippen molar-refractivity contribution in [2.75, 3.05) is 5.73 Å². The average Bonchev–Trinajstić information content (AvgIpc) is 2.64. The summed E-state index contributed by atoms with van der Waals surface area (Å²) in [5, 5.41) is 4.34. The van der Waals surface area contributed by atoms with Crippen LogP contribution in [-0.2, 0) is 23.6 Å². The smallest absolute Gasteiger partial charge is 0.242 e. The lowest BCUT2D eigenvalue weighted by Crippen LogP contribution is -2.24. The highest BCUT2D eigenvalue weighted by atomic mass is 35.5. The highest BCUT2D eigenvalue weighted by Crippen LogP contribution is 2.20. The minimum atomic E-state index is -3.71. The van der Waals surface area contributed by atoms with Crippen LogP contribution in [0.3, 0.4) is 0 Å². The summed E-state index contributed by atoms with van der Waals surface area (Å²) in [6.07, 6.45) is 1.17. The molecule has 0 aliphatic heterocycles. The Hall–Kier alpha value is -1.64. The van der Waals surface area contributed by atoms with Crippen molar-refractivity contribution in [2.45, 2.75) is 25.3 Å². The zero-order valence-corrected chi connectivity index (χ0v) is 13.5. The van der Waals surface area contributed by atoms with Crippen LogP contribution in [0.4, 0.5) is 5.82 Å². The van der Waals surface area contributed by atoms with Gasteiger partial charge in [0.15, 0.2) is 0 Å². The highest BCUT2D eigenvalue weighted by Gasteiger charge is 2.18. The zero-order chi connectivity index (χ0) is 15.8. The lowest BCUT2D eigenvalue weighted by molar-refractivity contribution is 0.580. The van der Waals surface area contributed by atoms with Gasteiger partial charge in [-0.25, -0.2) is 18.1 Å². The molecular weight excluding hydrogens is 314 g/mol. The molecule has 9 heteroatoms. The standard InChI is InChI=1S/C12H16ClN5O2S/c1-7-10(8(2)18(3)17-7)6-16-21(19,20)9-4-11(13)12(14)15-5-9/h4-5,16H,6H2,1-3H3,(H2,14,15). The summed E-state index contributed by atoms with van der Waals surface area (Å²) in [5.74, 6) is 0.0922. The van der Waals surface area contributed by atoms with Crippen LogP contribution in [0, 0.1) is 13.8 Å². The molecule has 0 atom stereocenters. The summed E-state index contributed by atoms with van der Waals surface area (Å²) >= 11 is 5.80. The van der Waals surface area contributed by atoms with Gasteiger partial charge < -0.3 is 5.73 Å². The predicted molar refractivity (Wildman–Crippen MR) is 80.4 cm³/mol. The van der Waals surface area contributed by atoms with E-state index in [0.717, 1.165) is 17.0 Å². The molecule has 0 fully saturated rings. The average molecular weight is 330 g/mol. The van der Waals surface area contributed by atoms with Crippen LogP contribution in [0.2, 0.25) is 5.02 Å². The van der Waals surface area contributed by atoms with Gasteiger partial charge in [0.05, 0.1) is 10.7 Å². The van der Waals surface area contributed by atoms with Gasteiger partial charge in [0.2, 0.25) is 10.0 Å². The number of hydrogen-bond donors (Lipinski definition) is 2. The number of nitrogens with zero attached hydrogens (tertiary/aromatic N) is 3. The maximum absolute atomic E-state index is 12.2. The fraction of sp³-hybridized carbons (Fsp3) is 0.333. The minimum Gasteiger partial charge on any atom is -0.382 e. The molecule has 114 valence electrons. The summed E-state index contributed by atoms with van der Waals surface area (Å²) in [4.78, 5) is 3.72. The van der Waals surface area contributed by atoms with Crippen LogP contribution in [0.5, 0.6) is 0 Å². The largest absolute Gasteiger partial charge is 0.382 e. The number of rotatable bonds is 4. The number of nitrogens with one attached hydrogen (secondary N) is 1. The van der Waals surface area contributed by atoms with E-state index in [4.69, 9.17) is 17.3 Å². The summed E-state index contributed by atoms with van der Waals surface area (Å²) in [6, 6.07) is 1.27. The fourth-order valence-corrected chi connectivity index (χ4v) is 3.10. The van der Waals surface area contributed by atoms with Gasteiger partial charge in [-0.3, -0.25) is 4.68 Å². The molecule has 2 heterocycles. The SMILES string of the molecule is Cc1nn(C)c(C)c1CNS(=O)(=O)c1cnc(N)c(Cl)c1. The number of sulfonamides is 1. The van der Waals surface area contributed by atoms with Gasteiger partial charge >= 0.3 is 0 Å². The second-order valence-corrected chi connectivity index (χ2v) is 6.81. The van der Waals surface area contributed by atoms with Crippen molar-refractivity contribution in [1.29, 1.82) is 0 Å². The molecule has 0 saturated carbocycles. The minimum absolute atomic E-state index is 0.0269. The lowest BCUT2D eigenvalue weighted by atomic mass is 10.2. The van der Waals surface area contributed by atoms with Crippen LogP contribution in [0.1, 0.15) is 17.0 Å². The Morgan fingerprint density at radius 3 is 2.62 bits per heavy atom. The zero-order valence-electron chi connectivity index (χ0n) is 11.9. The van der Waals surface area contributed by atoms with Crippen LogP contribution in [-0.4, -0.2) is 23.2 Å². The van der Waals surface area contributed by atoms with Gasteiger partial charge in [-0.05, 0) is 19.9 Å². The molecule has 0 aromatic carbocycles. The number of aryl methyl sites for hydroxylation is 2. The third kappa shape index (κ3) is 3.17. The van der Waals surface area contributed by atoms with Crippen LogP contribution >= 0.6 is 11.6 Å². The first-order valence-corrected chi connectivity index (χ1v) is 7.98. The Balaban J connectivity index is 2.23. The fourth-order valence-electron chi connectivity index (χ4n) is 1.90. The second-order valence-electron chi connectivity index (χ2n) is 4.64. The molecule has 2 rings (SSSR count). The van der Waals surface area contributed by atoms with E-state index in [1.165, 1.54) is 12.3 Å². The van der Waals surface area contributed by atoms with E-state index in [2.05, 4.69) is 14.8 Å². The summed E-state index contributed by atoms with van der Waals surface area (Å²) in [7, 11) is -1.90. The van der Waals surface area contributed by atoms with Crippen LogP contribution in [0.25, 0.3) is 0 Å². The Morgan fingerprint density at radius 1 is 1.43 bits per heavy atom. The Labute approximate surface area is 128 Å². The number of pyridine rings is 1. The Bertz CT molecular complexity index is 785. The van der Waals surface area contributed by atoms with Crippen molar-refractivity contribution in [3.63, 3.8) is 0 Å². The summed E-state index contributed by atoms with van der Waals surface area (Å²) in [5.41, 5.74) is 8.00. The highest BCUT2D eigenvalue weighted by molar-refractivity contribution is 7.89. The third-order valence-corrected chi connectivity index (χ3v) is 4.92. The molecule has 0 spiro atoms. The number of nitrogen functional groups attached to an aromatic ring is 1. The Morgan fingerprint density at radius 2 is 2.10 bits per heavy atom. The number of hydrogen-bond acceptors (Lipinski definition) is 5. The second kappa shape index (κ2) is 5.63. The maximum Gasteiger partial charge on any atom is 0.242 e. The maximum atomic E-state index is 12.2. The van der Waals surface area contributed by atoms with E-state index in [-0.39, 0.29) is 22.3 Å². The normalized spacial score (nSPS) is 11.8. The molecule has 0 saturated heterocycles. The van der Waals surface area contributed by atoms with Gasteiger partial charge in [0, 0.05) is 31.0 Å². The molecule has 0 amide bonds. The van der Waals surface area contributed by atoms with Gasteiger partial charge in [0.1, 0.15) is 10.7 Å². The summed E-state index contributed by atoms with van der Waals surface area (Å²) in [6.45, 7) is 3.86. The van der Waals surface area contributed by atoms with E-state index in [0.29, 0.717) is 0 Å². The number of nitrogens with two attached hydrogens (primary N) is 1. The van der Waals surface area contributed by atoms with E-state index in [1.54, 1.807) is 4.68 Å². The lowest BCUT2D eigenvalue weighted by Gasteiger charge is -2.08. The number of anilines is 1. The van der Waals surface area contributed by atoms with Crippen molar-refractivity contribution in [3.8, 4) is 0 Å². The predicted octanol–water partition coefficient (Wildman–Crippen LogP) is 1.15. The van der Waals surface area contributed by atoms with Crippen LogP contribution in [0.15, 0.2) is 17.2 Å². The topological polar surface area (TPSA) is 103 Å². The van der Waals surface area contributed by atoms with Gasteiger partial charge in [-0.2, -0.15) is 5.10 Å². The quantitative estimate of drug-likeness (QED) is 0.875. The van der Waals surface area contributed by atoms with Gasteiger partial charge in [-0.1, -0.05) is 11.6 Å². The first-order chi connectivity index (χ1) is 9.72. The number of halogens is 1. The molecule has 0 radical (unpaired) electrons. The Kier molecular flexibility index (Phi) is 4.22. The number of aromatic nitrogens is 3. The van der Waals surface area contributed by atoms with E-state index < -0.39 is 10.0 Å². The van der Waals surface area contributed by atoms with Crippen molar-refractivity contribution in [1.82, 2.24) is 19.5 Å². The molecule has 0 aliphatic carbocycles. The van der Waals surface area contributed by atoms with Crippen LogP contribution < -0.4 is 10.5 Å². The molecule has 21 heavy (non-hydrogen) atoms. The van der Waals surface area contributed by atoms with Gasteiger partial charge in [-0.15, -0.1) is 0 Å². The van der Waals surface area contributed by atoms with Crippen molar-refractivity contribution in [3.05, 3.63) is 34.2 Å².